The zero-order valence-corrected chi connectivity index (χ0v) is 25.7. The van der Waals surface area contributed by atoms with Gasteiger partial charge in [-0.1, -0.05) is 11.6 Å². The van der Waals surface area contributed by atoms with Crippen molar-refractivity contribution in [2.24, 2.45) is 5.41 Å². The van der Waals surface area contributed by atoms with Gasteiger partial charge in [0.1, 0.15) is 11.4 Å². The number of alkyl carbamates (subject to hydrolysis) is 1. The molecule has 2 amide bonds. The molecule has 0 aliphatic heterocycles. The fourth-order valence-corrected chi connectivity index (χ4v) is 4.17. The van der Waals surface area contributed by atoms with Gasteiger partial charge >= 0.3 is 18.2 Å². The van der Waals surface area contributed by atoms with Gasteiger partial charge in [-0.3, -0.25) is 4.79 Å². The third kappa shape index (κ3) is 8.22. The molecule has 2 aromatic heterocycles. The number of amides is 2. The maximum absolute atomic E-state index is 13.4. The van der Waals surface area contributed by atoms with E-state index < -0.39 is 45.8 Å². The van der Waals surface area contributed by atoms with Crippen molar-refractivity contribution in [1.82, 2.24) is 19.9 Å². The van der Waals surface area contributed by atoms with Crippen LogP contribution in [0.1, 0.15) is 34.6 Å². The van der Waals surface area contributed by atoms with Gasteiger partial charge in [-0.25, -0.2) is 27.4 Å². The first kappa shape index (κ1) is 32.4. The molecule has 0 atom stereocenters. The summed E-state index contributed by atoms with van der Waals surface area (Å²) in [6.45, 7) is 7.26. The molecule has 14 nitrogen and oxygen atoms in total. The Hall–Kier alpha value is -4.11. The van der Waals surface area contributed by atoms with Gasteiger partial charge in [0.25, 0.3) is 5.95 Å². The lowest BCUT2D eigenvalue weighted by Gasteiger charge is -2.25. The second-order valence-electron chi connectivity index (χ2n) is 10.7. The van der Waals surface area contributed by atoms with Gasteiger partial charge in [0, 0.05) is 25.1 Å². The molecule has 3 aromatic rings. The molecule has 0 unspecified atom stereocenters. The van der Waals surface area contributed by atoms with E-state index in [1.54, 1.807) is 32.9 Å². The summed E-state index contributed by atoms with van der Waals surface area (Å²) < 4.78 is 46.4. The van der Waals surface area contributed by atoms with E-state index in [0.29, 0.717) is 10.7 Å². The zero-order valence-electron chi connectivity index (χ0n) is 24.1. The van der Waals surface area contributed by atoms with Gasteiger partial charge in [-0.2, -0.15) is 4.98 Å². The molecule has 3 rings (SSSR count). The first-order valence-corrected chi connectivity index (χ1v) is 14.7. The number of pyridine rings is 1. The third-order valence-corrected chi connectivity index (χ3v) is 6.82. The molecule has 228 valence electrons. The number of halogens is 1. The molecule has 0 bridgehead atoms. The number of anilines is 2. The number of carbonyl (C=O) groups excluding carboxylic acids is 3. The van der Waals surface area contributed by atoms with Crippen LogP contribution in [-0.2, 0) is 28.8 Å². The number of nitrogens with one attached hydrogen (secondary N) is 1. The monoisotopic (exact) mass is 625 g/mol. The first-order chi connectivity index (χ1) is 19.4. The van der Waals surface area contributed by atoms with E-state index in [9.17, 15) is 22.8 Å². The van der Waals surface area contributed by atoms with Crippen molar-refractivity contribution < 1.29 is 41.7 Å². The maximum Gasteiger partial charge on any atom is 0.424 e. The predicted molar refractivity (Wildman–Crippen MR) is 152 cm³/mol. The van der Waals surface area contributed by atoms with Crippen LogP contribution in [0.5, 0.6) is 5.75 Å². The van der Waals surface area contributed by atoms with Crippen LogP contribution in [0.2, 0.25) is 5.02 Å². The number of hydrogen-bond acceptors (Lipinski definition) is 11. The van der Waals surface area contributed by atoms with Crippen LogP contribution in [0.15, 0.2) is 41.4 Å². The summed E-state index contributed by atoms with van der Waals surface area (Å²) in [6.07, 6.45) is 0.720. The fourth-order valence-electron chi connectivity index (χ4n) is 3.37. The molecule has 0 saturated heterocycles. The summed E-state index contributed by atoms with van der Waals surface area (Å²) in [5.74, 6) is -0.938. The molecule has 0 fully saturated rings. The lowest BCUT2D eigenvalue weighted by atomic mass is 9.94. The van der Waals surface area contributed by atoms with E-state index >= 15 is 0 Å². The van der Waals surface area contributed by atoms with E-state index in [0.717, 1.165) is 11.2 Å². The van der Waals surface area contributed by atoms with Crippen molar-refractivity contribution in [3.63, 3.8) is 0 Å². The van der Waals surface area contributed by atoms with Gasteiger partial charge in [-0.15, -0.1) is 5.10 Å². The van der Waals surface area contributed by atoms with Crippen LogP contribution in [0, 0.1) is 5.41 Å². The minimum Gasteiger partial charge on any atom is -0.495 e. The summed E-state index contributed by atoms with van der Waals surface area (Å²) in [7, 11) is -2.31. The number of benzene rings is 1. The Morgan fingerprint density at radius 3 is 2.38 bits per heavy atom. The highest BCUT2D eigenvalue weighted by atomic mass is 35.5. The number of nitrogens with zero attached hydrogens (tertiary/aromatic N) is 4. The molecule has 0 spiro atoms. The van der Waals surface area contributed by atoms with Crippen molar-refractivity contribution in [2.75, 3.05) is 31.6 Å². The Bertz CT molecular complexity index is 1600. The molecule has 1 aromatic carbocycles. The van der Waals surface area contributed by atoms with Crippen LogP contribution >= 0.6 is 11.6 Å². The Labute approximate surface area is 247 Å². The van der Waals surface area contributed by atoms with Gasteiger partial charge in [0.05, 0.1) is 28.1 Å². The molecule has 0 saturated carbocycles. The highest BCUT2D eigenvalue weighted by molar-refractivity contribution is 7.90. The summed E-state index contributed by atoms with van der Waals surface area (Å²) in [5.41, 5.74) is -1.53. The molecular weight excluding hydrogens is 594 g/mol. The molecule has 1 N–H and O–H groups in total. The SMILES string of the molecule is COc1cc(S(C)(=O)=O)ccc1N(C(=O)OCOC(=O)C(C)(C)CNC(=O)OC(C)(C)C)c1nc2ccc(Cl)cn2n1. The number of hydrogen-bond donors (Lipinski definition) is 1. The van der Waals surface area contributed by atoms with Crippen molar-refractivity contribution >= 4 is 56.9 Å². The van der Waals surface area contributed by atoms with Crippen LogP contribution in [0.25, 0.3) is 5.65 Å². The minimum atomic E-state index is -3.60. The molecule has 42 heavy (non-hydrogen) atoms. The van der Waals surface area contributed by atoms with Gasteiger partial charge in [0.2, 0.25) is 6.79 Å². The number of fused-ring (bicyclic) bond motifs is 1. The Balaban J connectivity index is 1.82. The van der Waals surface area contributed by atoms with Gasteiger partial charge < -0.3 is 24.3 Å². The van der Waals surface area contributed by atoms with Crippen LogP contribution in [0.3, 0.4) is 0 Å². The summed E-state index contributed by atoms with van der Waals surface area (Å²) in [4.78, 5) is 43.2. The largest absolute Gasteiger partial charge is 0.495 e. The second kappa shape index (κ2) is 12.4. The number of aromatic nitrogens is 3. The molecule has 0 radical (unpaired) electrons. The number of sulfone groups is 1. The highest BCUT2D eigenvalue weighted by Crippen LogP contribution is 2.35. The van der Waals surface area contributed by atoms with Crippen LogP contribution in [-0.4, -0.2) is 73.5 Å². The van der Waals surface area contributed by atoms with Gasteiger partial charge in [0.15, 0.2) is 15.5 Å². The Morgan fingerprint density at radius 2 is 1.76 bits per heavy atom. The fraction of sp³-hybridized carbons (Fsp3) is 0.423. The molecule has 0 aliphatic rings. The van der Waals surface area contributed by atoms with E-state index in [4.69, 9.17) is 30.5 Å². The van der Waals surface area contributed by atoms with E-state index in [1.165, 1.54) is 49.9 Å². The maximum atomic E-state index is 13.4. The number of ether oxygens (including phenoxy) is 4. The van der Waals surface area contributed by atoms with Crippen molar-refractivity contribution in [2.45, 2.75) is 45.1 Å². The number of esters is 1. The molecular formula is C26H32ClN5O9S. The predicted octanol–water partition coefficient (Wildman–Crippen LogP) is 4.12. The quantitative estimate of drug-likeness (QED) is 0.268. The lowest BCUT2D eigenvalue weighted by Crippen LogP contribution is -2.42. The average molecular weight is 626 g/mol. The number of rotatable bonds is 9. The van der Waals surface area contributed by atoms with Crippen LogP contribution < -0.4 is 15.0 Å². The van der Waals surface area contributed by atoms with Gasteiger partial charge in [-0.05, 0) is 58.9 Å². The minimum absolute atomic E-state index is 0.00175. The second-order valence-corrected chi connectivity index (χ2v) is 13.2. The molecule has 0 aliphatic carbocycles. The summed E-state index contributed by atoms with van der Waals surface area (Å²) in [6, 6.07) is 6.99. The van der Waals surface area contributed by atoms with E-state index in [-0.39, 0.29) is 28.8 Å². The van der Waals surface area contributed by atoms with E-state index in [1.807, 2.05) is 0 Å². The molecule has 16 heteroatoms. The highest BCUT2D eigenvalue weighted by Gasteiger charge is 2.32. The topological polar surface area (TPSA) is 168 Å². The smallest absolute Gasteiger partial charge is 0.424 e. The summed E-state index contributed by atoms with van der Waals surface area (Å²) in [5, 5.41) is 7.14. The number of carbonyl (C=O) groups is 3. The zero-order chi connectivity index (χ0) is 31.5. The molecule has 2 heterocycles. The Kier molecular flexibility index (Phi) is 9.57. The van der Waals surface area contributed by atoms with Crippen LogP contribution in [0.4, 0.5) is 21.2 Å². The number of methoxy groups -OCH3 is 1. The average Bonchev–Trinajstić information content (AvgIpc) is 3.28. The van der Waals surface area contributed by atoms with Crippen molar-refractivity contribution in [3.05, 3.63) is 41.6 Å². The normalized spacial score (nSPS) is 12.0. The van der Waals surface area contributed by atoms with Crippen molar-refractivity contribution in [1.29, 1.82) is 0 Å². The summed E-state index contributed by atoms with van der Waals surface area (Å²) >= 11 is 6.05. The van der Waals surface area contributed by atoms with Crippen molar-refractivity contribution in [3.8, 4) is 5.75 Å². The first-order valence-electron chi connectivity index (χ1n) is 12.4. The standard InChI is InChI=1S/C26H32ClN5O9S/c1-25(2,3)41-23(34)28-14-26(4,5)21(33)39-15-40-24(35)32(22-29-20-11-8-16(27)13-31(20)30-22)18-10-9-17(42(7,36)37)12-19(18)38-6/h8-13H,14-15H2,1-7H3,(H,28,34). The lowest BCUT2D eigenvalue weighted by molar-refractivity contribution is -0.161. The Morgan fingerprint density at radius 1 is 1.07 bits per heavy atom. The van der Waals surface area contributed by atoms with E-state index in [2.05, 4.69) is 15.4 Å². The third-order valence-electron chi connectivity index (χ3n) is 5.49.